The van der Waals surface area contributed by atoms with Gasteiger partial charge in [-0.3, -0.25) is 4.79 Å². The second kappa shape index (κ2) is 5.64. The highest BCUT2D eigenvalue weighted by Crippen LogP contribution is 2.14. The Kier molecular flexibility index (Phi) is 3.94. The van der Waals surface area contributed by atoms with Crippen LogP contribution in [0.4, 0.5) is 0 Å². The summed E-state index contributed by atoms with van der Waals surface area (Å²) in [5.41, 5.74) is 0. The molecular formula is C12H17N5O2. The molecule has 0 bridgehead atoms. The Balaban J connectivity index is 1.92. The Morgan fingerprint density at radius 1 is 1.47 bits per heavy atom. The summed E-state index contributed by atoms with van der Waals surface area (Å²) in [5.74, 6) is 1.13. The molecule has 1 N–H and O–H groups in total. The first-order valence-electron chi connectivity index (χ1n) is 6.15. The maximum Gasteiger partial charge on any atom is 0.248 e. The number of aromatic nitrogens is 4. The van der Waals surface area contributed by atoms with E-state index >= 15 is 0 Å². The largest absolute Gasteiger partial charge is 0.343 e. The fourth-order valence-corrected chi connectivity index (χ4v) is 1.55. The van der Waals surface area contributed by atoms with E-state index in [-0.39, 0.29) is 24.4 Å². The van der Waals surface area contributed by atoms with E-state index in [1.165, 1.54) is 0 Å². The number of hydrogen-bond donors (Lipinski definition) is 1. The first-order valence-corrected chi connectivity index (χ1v) is 6.15. The molecule has 0 fully saturated rings. The van der Waals surface area contributed by atoms with Crippen molar-refractivity contribution in [3.63, 3.8) is 0 Å². The molecule has 2 heterocycles. The van der Waals surface area contributed by atoms with Gasteiger partial charge in [-0.1, -0.05) is 19.0 Å². The number of hydrogen-bond acceptors (Lipinski definition) is 5. The van der Waals surface area contributed by atoms with Gasteiger partial charge < -0.3 is 14.4 Å². The first kappa shape index (κ1) is 13.3. The topological polar surface area (TPSA) is 85.8 Å². The van der Waals surface area contributed by atoms with Crippen LogP contribution < -0.4 is 5.32 Å². The normalized spacial score (nSPS) is 12.6. The lowest BCUT2D eigenvalue weighted by Crippen LogP contribution is -2.30. The van der Waals surface area contributed by atoms with Crippen molar-refractivity contribution in [1.29, 1.82) is 0 Å². The molecule has 2 aromatic rings. The third-order valence-corrected chi connectivity index (χ3v) is 2.61. The molecule has 1 atom stereocenters. The quantitative estimate of drug-likeness (QED) is 0.877. The monoisotopic (exact) mass is 263 g/mol. The third kappa shape index (κ3) is 3.40. The van der Waals surface area contributed by atoms with Crippen LogP contribution in [-0.4, -0.2) is 25.6 Å². The Morgan fingerprint density at radius 2 is 2.26 bits per heavy atom. The van der Waals surface area contributed by atoms with Gasteiger partial charge in [-0.15, -0.1) is 0 Å². The van der Waals surface area contributed by atoms with E-state index in [0.717, 1.165) is 0 Å². The highest BCUT2D eigenvalue weighted by Gasteiger charge is 2.17. The molecule has 0 spiro atoms. The number of carbonyl (C=O) groups excluding carboxylic acids is 1. The molecule has 7 nitrogen and oxygen atoms in total. The molecule has 0 aliphatic rings. The number of nitrogens with zero attached hydrogens (tertiary/aromatic N) is 4. The lowest BCUT2D eigenvalue weighted by molar-refractivity contribution is -0.122. The van der Waals surface area contributed by atoms with Crippen LogP contribution in [0, 0.1) is 0 Å². The van der Waals surface area contributed by atoms with Gasteiger partial charge in [0.2, 0.25) is 11.8 Å². The Labute approximate surface area is 111 Å². The molecule has 0 radical (unpaired) electrons. The van der Waals surface area contributed by atoms with Crippen molar-refractivity contribution in [1.82, 2.24) is 25.0 Å². The van der Waals surface area contributed by atoms with Crippen molar-refractivity contribution in [2.45, 2.75) is 39.3 Å². The Bertz CT molecular complexity index is 532. The van der Waals surface area contributed by atoms with Crippen LogP contribution in [-0.2, 0) is 11.3 Å². The van der Waals surface area contributed by atoms with Crippen molar-refractivity contribution >= 4 is 5.91 Å². The van der Waals surface area contributed by atoms with Gasteiger partial charge in [0.05, 0.1) is 6.33 Å². The maximum absolute atomic E-state index is 11.8. The molecule has 0 saturated carbocycles. The van der Waals surface area contributed by atoms with Crippen LogP contribution in [0.25, 0.3) is 0 Å². The molecule has 0 aliphatic heterocycles. The fourth-order valence-electron chi connectivity index (χ4n) is 1.55. The minimum absolute atomic E-state index is 0.130. The first-order chi connectivity index (χ1) is 9.06. The minimum Gasteiger partial charge on any atom is -0.343 e. The van der Waals surface area contributed by atoms with Crippen molar-refractivity contribution in [2.75, 3.05) is 0 Å². The third-order valence-electron chi connectivity index (χ3n) is 2.61. The molecule has 0 aromatic carbocycles. The van der Waals surface area contributed by atoms with Gasteiger partial charge in [0, 0.05) is 18.3 Å². The molecule has 7 heteroatoms. The van der Waals surface area contributed by atoms with Crippen molar-refractivity contribution < 1.29 is 9.32 Å². The predicted octanol–water partition coefficient (Wildman–Crippen LogP) is 1.27. The molecule has 0 saturated heterocycles. The number of carbonyl (C=O) groups is 1. The van der Waals surface area contributed by atoms with Crippen molar-refractivity contribution in [3.8, 4) is 0 Å². The van der Waals surface area contributed by atoms with E-state index in [2.05, 4.69) is 20.4 Å². The van der Waals surface area contributed by atoms with E-state index in [1.54, 1.807) is 23.3 Å². The number of rotatable bonds is 5. The highest BCUT2D eigenvalue weighted by molar-refractivity contribution is 5.76. The van der Waals surface area contributed by atoms with Gasteiger partial charge >= 0.3 is 0 Å². The van der Waals surface area contributed by atoms with Gasteiger partial charge in [-0.25, -0.2) is 4.98 Å². The van der Waals surface area contributed by atoms with Gasteiger partial charge in [0.25, 0.3) is 0 Å². The summed E-state index contributed by atoms with van der Waals surface area (Å²) in [5, 5.41) is 6.67. The minimum atomic E-state index is -0.309. The lowest BCUT2D eigenvalue weighted by Gasteiger charge is -2.09. The number of nitrogens with one attached hydrogen (secondary N) is 1. The summed E-state index contributed by atoms with van der Waals surface area (Å²) in [6.07, 6.45) is 4.95. The van der Waals surface area contributed by atoms with Crippen LogP contribution in [0.1, 0.15) is 44.4 Å². The van der Waals surface area contributed by atoms with E-state index in [9.17, 15) is 4.79 Å². The molecule has 19 heavy (non-hydrogen) atoms. The van der Waals surface area contributed by atoms with Crippen LogP contribution >= 0.6 is 0 Å². The summed E-state index contributed by atoms with van der Waals surface area (Å²) in [4.78, 5) is 19.9. The molecule has 1 amide bonds. The maximum atomic E-state index is 11.8. The van der Waals surface area contributed by atoms with E-state index < -0.39 is 0 Å². The van der Waals surface area contributed by atoms with Gasteiger partial charge in [0.15, 0.2) is 5.82 Å². The van der Waals surface area contributed by atoms with Gasteiger partial charge in [-0.2, -0.15) is 4.98 Å². The van der Waals surface area contributed by atoms with Crippen molar-refractivity contribution in [2.24, 2.45) is 0 Å². The second-order valence-electron chi connectivity index (χ2n) is 4.67. The summed E-state index contributed by atoms with van der Waals surface area (Å²) in [6, 6.07) is -0.309. The smallest absolute Gasteiger partial charge is 0.248 e. The summed E-state index contributed by atoms with van der Waals surface area (Å²) in [6.45, 7) is 5.99. The Hall–Kier alpha value is -2.18. The highest BCUT2D eigenvalue weighted by atomic mass is 16.5. The van der Waals surface area contributed by atoms with Crippen molar-refractivity contribution in [3.05, 3.63) is 30.4 Å². The molecular weight excluding hydrogens is 246 g/mol. The molecule has 0 aliphatic carbocycles. The zero-order valence-electron chi connectivity index (χ0n) is 11.2. The fraction of sp³-hybridized carbons (Fsp3) is 0.500. The van der Waals surface area contributed by atoms with E-state index in [1.807, 2.05) is 20.8 Å². The predicted molar refractivity (Wildman–Crippen MR) is 67.2 cm³/mol. The van der Waals surface area contributed by atoms with Crippen LogP contribution in [0.15, 0.2) is 23.2 Å². The zero-order valence-corrected chi connectivity index (χ0v) is 11.2. The summed E-state index contributed by atoms with van der Waals surface area (Å²) < 4.78 is 6.82. The summed E-state index contributed by atoms with van der Waals surface area (Å²) >= 11 is 0. The molecule has 1 unspecified atom stereocenters. The summed E-state index contributed by atoms with van der Waals surface area (Å²) in [7, 11) is 0. The van der Waals surface area contributed by atoms with E-state index in [0.29, 0.717) is 11.7 Å². The average Bonchev–Trinajstić information content (AvgIpc) is 2.98. The van der Waals surface area contributed by atoms with Gasteiger partial charge in [0.1, 0.15) is 12.6 Å². The van der Waals surface area contributed by atoms with Crippen LogP contribution in [0.2, 0.25) is 0 Å². The van der Waals surface area contributed by atoms with E-state index in [4.69, 9.17) is 4.52 Å². The number of imidazole rings is 1. The SMILES string of the molecule is CC(C)c1noc(C(C)NC(=O)Cn2ccnc2)n1. The van der Waals surface area contributed by atoms with Gasteiger partial charge in [-0.05, 0) is 6.92 Å². The zero-order chi connectivity index (χ0) is 13.8. The van der Waals surface area contributed by atoms with Crippen LogP contribution in [0.5, 0.6) is 0 Å². The average molecular weight is 263 g/mol. The molecule has 2 rings (SSSR count). The standard InChI is InChI=1S/C12H17N5O2/c1-8(2)11-15-12(19-16-11)9(3)14-10(18)6-17-5-4-13-7-17/h4-5,7-9H,6H2,1-3H3,(H,14,18). The molecule has 2 aromatic heterocycles. The lowest BCUT2D eigenvalue weighted by atomic mass is 10.2. The Morgan fingerprint density at radius 3 is 2.84 bits per heavy atom. The van der Waals surface area contributed by atoms with Crippen LogP contribution in [0.3, 0.4) is 0 Å². The molecule has 102 valence electrons. The number of amides is 1. The second-order valence-corrected chi connectivity index (χ2v) is 4.67.